The van der Waals surface area contributed by atoms with Gasteiger partial charge in [-0.2, -0.15) is 0 Å². The summed E-state index contributed by atoms with van der Waals surface area (Å²) in [5.41, 5.74) is 5.21. The Kier molecular flexibility index (Phi) is 5.41. The molecule has 0 aliphatic carbocycles. The molecule has 0 bridgehead atoms. The zero-order chi connectivity index (χ0) is 14.6. The van der Waals surface area contributed by atoms with Gasteiger partial charge in [0.05, 0.1) is 6.61 Å². The molecule has 0 spiro atoms. The topological polar surface area (TPSA) is 58.8 Å². The summed E-state index contributed by atoms with van der Waals surface area (Å²) in [6, 6.07) is 0.712. The van der Waals surface area contributed by atoms with Gasteiger partial charge in [-0.25, -0.2) is 0 Å². The van der Waals surface area contributed by atoms with Crippen molar-refractivity contribution in [2.75, 3.05) is 39.3 Å². The second-order valence-electron chi connectivity index (χ2n) is 6.37. The maximum absolute atomic E-state index is 11.8. The predicted molar refractivity (Wildman–Crippen MR) is 79.5 cm³/mol. The second-order valence-corrected chi connectivity index (χ2v) is 6.37. The molecule has 2 aliphatic rings. The highest BCUT2D eigenvalue weighted by molar-refractivity contribution is 5.79. The molecule has 0 aromatic carbocycles. The van der Waals surface area contributed by atoms with Crippen LogP contribution >= 0.6 is 0 Å². The zero-order valence-electron chi connectivity index (χ0n) is 12.9. The summed E-state index contributed by atoms with van der Waals surface area (Å²) in [5, 5.41) is 0. The summed E-state index contributed by atoms with van der Waals surface area (Å²) in [4.78, 5) is 16.8. The summed E-state index contributed by atoms with van der Waals surface area (Å²) in [6.45, 7) is 9.64. The van der Waals surface area contributed by atoms with Crippen LogP contribution in [0.25, 0.3) is 0 Å². The lowest BCUT2D eigenvalue weighted by Crippen LogP contribution is -2.48. The van der Waals surface area contributed by atoms with E-state index in [0.717, 1.165) is 19.6 Å². The minimum absolute atomic E-state index is 0.282. The first kappa shape index (κ1) is 15.7. The van der Waals surface area contributed by atoms with E-state index in [2.05, 4.69) is 9.80 Å². The first-order valence-electron chi connectivity index (χ1n) is 7.95. The Morgan fingerprint density at radius 1 is 1.35 bits per heavy atom. The van der Waals surface area contributed by atoms with Crippen LogP contribution in [0.4, 0.5) is 0 Å². The van der Waals surface area contributed by atoms with Gasteiger partial charge in [-0.1, -0.05) is 0 Å². The van der Waals surface area contributed by atoms with Gasteiger partial charge < -0.3 is 15.4 Å². The number of nitrogens with zero attached hydrogens (tertiary/aromatic N) is 2. The molecule has 5 nitrogen and oxygen atoms in total. The maximum Gasteiger partial charge on any atom is 0.325 e. The van der Waals surface area contributed by atoms with Crippen LogP contribution in [-0.2, 0) is 9.53 Å². The first-order chi connectivity index (χ1) is 9.53. The molecule has 0 saturated carbocycles. The molecule has 2 N–H and O–H groups in total. The third-order valence-corrected chi connectivity index (χ3v) is 4.59. The summed E-state index contributed by atoms with van der Waals surface area (Å²) >= 11 is 0. The standard InChI is InChI=1S/C15H29N3O2/c1-3-20-14(19)15(2,16)7-11-17-10-6-13(12-17)18-8-4-5-9-18/h13H,3-12,16H2,1-2H3. The molecule has 2 heterocycles. The second kappa shape index (κ2) is 6.87. The summed E-state index contributed by atoms with van der Waals surface area (Å²) < 4.78 is 5.03. The summed E-state index contributed by atoms with van der Waals surface area (Å²) in [6.07, 6.45) is 4.61. The number of carbonyl (C=O) groups is 1. The fourth-order valence-electron chi connectivity index (χ4n) is 3.21. The van der Waals surface area contributed by atoms with Crippen molar-refractivity contribution in [3.63, 3.8) is 0 Å². The third-order valence-electron chi connectivity index (χ3n) is 4.59. The largest absolute Gasteiger partial charge is 0.465 e. The Morgan fingerprint density at radius 3 is 2.70 bits per heavy atom. The lowest BCUT2D eigenvalue weighted by atomic mass is 9.99. The van der Waals surface area contributed by atoms with Crippen LogP contribution in [0.3, 0.4) is 0 Å². The molecule has 0 radical (unpaired) electrons. The van der Waals surface area contributed by atoms with E-state index in [1.165, 1.54) is 32.4 Å². The van der Waals surface area contributed by atoms with E-state index >= 15 is 0 Å². The molecule has 2 atom stereocenters. The van der Waals surface area contributed by atoms with Crippen molar-refractivity contribution in [2.45, 2.75) is 51.1 Å². The minimum Gasteiger partial charge on any atom is -0.465 e. The van der Waals surface area contributed by atoms with Crippen molar-refractivity contribution in [1.29, 1.82) is 0 Å². The number of nitrogens with two attached hydrogens (primary N) is 1. The number of likely N-dealkylation sites (tertiary alicyclic amines) is 2. The van der Waals surface area contributed by atoms with Gasteiger partial charge in [-0.3, -0.25) is 9.69 Å². The van der Waals surface area contributed by atoms with Crippen molar-refractivity contribution in [1.82, 2.24) is 9.80 Å². The monoisotopic (exact) mass is 283 g/mol. The van der Waals surface area contributed by atoms with Crippen LogP contribution in [0.2, 0.25) is 0 Å². The number of carbonyl (C=O) groups excluding carboxylic acids is 1. The molecule has 5 heteroatoms. The maximum atomic E-state index is 11.8. The van der Waals surface area contributed by atoms with Crippen molar-refractivity contribution < 1.29 is 9.53 Å². The van der Waals surface area contributed by atoms with E-state index in [0.29, 0.717) is 19.1 Å². The smallest absolute Gasteiger partial charge is 0.325 e. The minimum atomic E-state index is -0.859. The van der Waals surface area contributed by atoms with Gasteiger partial charge in [0.2, 0.25) is 0 Å². The Labute approximate surface area is 122 Å². The van der Waals surface area contributed by atoms with Crippen LogP contribution < -0.4 is 5.73 Å². The molecule has 0 aromatic rings. The Bertz CT molecular complexity index is 327. The predicted octanol–water partition coefficient (Wildman–Crippen LogP) is 0.827. The Morgan fingerprint density at radius 2 is 2.05 bits per heavy atom. The highest BCUT2D eigenvalue weighted by Crippen LogP contribution is 2.21. The van der Waals surface area contributed by atoms with Gasteiger partial charge in [-0.05, 0) is 59.2 Å². The van der Waals surface area contributed by atoms with E-state index in [-0.39, 0.29) is 5.97 Å². The van der Waals surface area contributed by atoms with E-state index in [1.807, 2.05) is 6.92 Å². The van der Waals surface area contributed by atoms with Gasteiger partial charge in [-0.15, -0.1) is 0 Å². The SMILES string of the molecule is CCOC(=O)C(C)(N)CCN1CCC(N2CCCC2)C1. The molecule has 0 aromatic heterocycles. The van der Waals surface area contributed by atoms with Crippen LogP contribution in [-0.4, -0.2) is 66.7 Å². The molecule has 2 unspecified atom stereocenters. The van der Waals surface area contributed by atoms with Gasteiger partial charge in [0.15, 0.2) is 0 Å². The fourth-order valence-corrected chi connectivity index (χ4v) is 3.21. The van der Waals surface area contributed by atoms with Crippen LogP contribution in [0.15, 0.2) is 0 Å². The molecule has 2 aliphatic heterocycles. The number of hydrogen-bond acceptors (Lipinski definition) is 5. The lowest BCUT2D eigenvalue weighted by molar-refractivity contribution is -0.149. The molecule has 20 heavy (non-hydrogen) atoms. The number of rotatable bonds is 6. The highest BCUT2D eigenvalue weighted by Gasteiger charge is 2.33. The Balaban J connectivity index is 1.73. The van der Waals surface area contributed by atoms with Crippen LogP contribution in [0, 0.1) is 0 Å². The Hall–Kier alpha value is -0.650. The molecule has 2 fully saturated rings. The fraction of sp³-hybridized carbons (Fsp3) is 0.933. The normalized spacial score (nSPS) is 27.6. The number of ether oxygens (including phenoxy) is 1. The summed E-state index contributed by atoms with van der Waals surface area (Å²) in [7, 11) is 0. The molecular formula is C15H29N3O2. The number of hydrogen-bond donors (Lipinski definition) is 1. The first-order valence-corrected chi connectivity index (χ1v) is 7.95. The molecule has 2 rings (SSSR count). The van der Waals surface area contributed by atoms with Crippen LogP contribution in [0.1, 0.15) is 39.5 Å². The lowest BCUT2D eigenvalue weighted by Gasteiger charge is -2.26. The van der Waals surface area contributed by atoms with E-state index < -0.39 is 5.54 Å². The van der Waals surface area contributed by atoms with E-state index in [4.69, 9.17) is 10.5 Å². The molecule has 2 saturated heterocycles. The van der Waals surface area contributed by atoms with E-state index in [1.54, 1.807) is 6.92 Å². The van der Waals surface area contributed by atoms with Crippen molar-refractivity contribution in [3.05, 3.63) is 0 Å². The van der Waals surface area contributed by atoms with Gasteiger partial charge >= 0.3 is 5.97 Å². The average Bonchev–Trinajstić information content (AvgIpc) is 3.07. The van der Waals surface area contributed by atoms with Crippen molar-refractivity contribution in [3.8, 4) is 0 Å². The van der Waals surface area contributed by atoms with Crippen molar-refractivity contribution in [2.24, 2.45) is 5.73 Å². The molecule has 0 amide bonds. The van der Waals surface area contributed by atoms with Crippen molar-refractivity contribution >= 4 is 5.97 Å². The average molecular weight is 283 g/mol. The molecular weight excluding hydrogens is 254 g/mol. The van der Waals surface area contributed by atoms with E-state index in [9.17, 15) is 4.79 Å². The highest BCUT2D eigenvalue weighted by atomic mass is 16.5. The third kappa shape index (κ3) is 3.93. The van der Waals surface area contributed by atoms with Gasteiger partial charge in [0.1, 0.15) is 5.54 Å². The number of esters is 1. The van der Waals surface area contributed by atoms with Crippen LogP contribution in [0.5, 0.6) is 0 Å². The van der Waals surface area contributed by atoms with Gasteiger partial charge in [0, 0.05) is 19.1 Å². The quantitative estimate of drug-likeness (QED) is 0.732. The van der Waals surface area contributed by atoms with Gasteiger partial charge in [0.25, 0.3) is 0 Å². The molecule has 116 valence electrons. The summed E-state index contributed by atoms with van der Waals surface area (Å²) in [5.74, 6) is -0.282. The zero-order valence-corrected chi connectivity index (χ0v) is 12.9.